The molecule has 4 fully saturated rings. The lowest BCUT2D eigenvalue weighted by Gasteiger charge is -2.41. The maximum absolute atomic E-state index is 12.8. The number of hydrogen-bond acceptors (Lipinski definition) is 4. The topological polar surface area (TPSA) is 65.1 Å². The molecular weight excluding hydrogens is 384 g/mol. The average molecular weight is 417 g/mol. The second-order valence-electron chi connectivity index (χ2n) is 8.30. The summed E-state index contributed by atoms with van der Waals surface area (Å²) in [6.07, 6.45) is 6.82. The van der Waals surface area contributed by atoms with Gasteiger partial charge in [-0.25, -0.2) is 0 Å². The molecule has 154 valence electrons. The molecule has 4 rings (SSSR count). The zero-order valence-electron chi connectivity index (χ0n) is 16.0. The van der Waals surface area contributed by atoms with Crippen molar-refractivity contribution in [1.29, 1.82) is 0 Å². The Kier molecular flexibility index (Phi) is 6.23. The van der Waals surface area contributed by atoms with E-state index in [1.165, 1.54) is 25.7 Å². The molecule has 1 aliphatic carbocycles. The second kappa shape index (κ2) is 8.49. The van der Waals surface area contributed by atoms with E-state index < -0.39 is 10.2 Å². The highest BCUT2D eigenvalue weighted by atomic mass is 32.2. The summed E-state index contributed by atoms with van der Waals surface area (Å²) in [5.41, 5.74) is 0. The molecule has 0 amide bonds. The van der Waals surface area contributed by atoms with Crippen LogP contribution in [0.3, 0.4) is 0 Å². The summed E-state index contributed by atoms with van der Waals surface area (Å²) in [4.78, 5) is 2.32. The van der Waals surface area contributed by atoms with Crippen molar-refractivity contribution >= 4 is 27.5 Å². The van der Waals surface area contributed by atoms with Crippen LogP contribution in [0.25, 0.3) is 0 Å². The summed E-state index contributed by atoms with van der Waals surface area (Å²) in [7, 11) is -3.31. The normalized spacial score (nSPS) is 27.6. The van der Waals surface area contributed by atoms with E-state index in [-0.39, 0.29) is 0 Å². The molecule has 3 heterocycles. The highest BCUT2D eigenvalue weighted by molar-refractivity contribution is 7.86. The number of likely N-dealkylation sites (tertiary alicyclic amines) is 1. The van der Waals surface area contributed by atoms with Gasteiger partial charge in [0.25, 0.3) is 10.2 Å². The lowest BCUT2D eigenvalue weighted by atomic mass is 9.79. The van der Waals surface area contributed by atoms with Crippen molar-refractivity contribution in [2.24, 2.45) is 11.8 Å². The van der Waals surface area contributed by atoms with E-state index in [1.807, 2.05) is 0 Å². The van der Waals surface area contributed by atoms with Crippen molar-refractivity contribution in [3.63, 3.8) is 0 Å². The maximum Gasteiger partial charge on any atom is 0.282 e. The van der Waals surface area contributed by atoms with Crippen molar-refractivity contribution < 1.29 is 13.2 Å². The molecule has 0 atom stereocenters. The number of nitrogens with one attached hydrogen (secondary N) is 1. The first-order valence-corrected chi connectivity index (χ1v) is 12.2. The number of piperidine rings is 2. The third kappa shape index (κ3) is 4.75. The Morgan fingerprint density at radius 3 is 1.89 bits per heavy atom. The molecule has 9 heteroatoms. The van der Waals surface area contributed by atoms with Gasteiger partial charge in [0.2, 0.25) is 0 Å². The third-order valence-corrected chi connectivity index (χ3v) is 8.93. The van der Waals surface area contributed by atoms with E-state index in [2.05, 4.69) is 10.2 Å². The number of ether oxygens (including phenoxy) is 1. The zero-order valence-corrected chi connectivity index (χ0v) is 17.6. The van der Waals surface area contributed by atoms with Crippen LogP contribution in [0.2, 0.25) is 0 Å². The van der Waals surface area contributed by atoms with E-state index in [9.17, 15) is 8.42 Å². The van der Waals surface area contributed by atoms with Crippen molar-refractivity contribution in [3.8, 4) is 0 Å². The smallest absolute Gasteiger partial charge is 0.282 e. The molecule has 4 aliphatic rings. The van der Waals surface area contributed by atoms with Gasteiger partial charge in [-0.1, -0.05) is 0 Å². The van der Waals surface area contributed by atoms with Crippen LogP contribution in [0.15, 0.2) is 0 Å². The largest absolute Gasteiger partial charge is 0.379 e. The molecule has 1 N–H and O–H groups in total. The van der Waals surface area contributed by atoms with Crippen molar-refractivity contribution in [1.82, 2.24) is 18.8 Å². The molecule has 0 aromatic rings. The molecule has 3 aliphatic heterocycles. The number of hydrogen-bond donors (Lipinski definition) is 1. The maximum atomic E-state index is 12.8. The second-order valence-corrected chi connectivity index (χ2v) is 10.6. The van der Waals surface area contributed by atoms with E-state index in [0.29, 0.717) is 57.3 Å². The lowest BCUT2D eigenvalue weighted by molar-refractivity contribution is 0.0683. The van der Waals surface area contributed by atoms with Gasteiger partial charge in [0.1, 0.15) is 0 Å². The van der Waals surface area contributed by atoms with Crippen LogP contribution in [-0.2, 0) is 14.9 Å². The third-order valence-electron chi connectivity index (χ3n) is 6.52. The predicted molar refractivity (Wildman–Crippen MR) is 109 cm³/mol. The van der Waals surface area contributed by atoms with Crippen molar-refractivity contribution in [2.45, 2.75) is 44.6 Å². The average Bonchev–Trinajstić information content (AvgIpc) is 3.53. The van der Waals surface area contributed by atoms with Gasteiger partial charge in [-0.3, -0.25) is 0 Å². The number of nitrogens with zero attached hydrogens (tertiary/aromatic N) is 3. The van der Waals surface area contributed by atoms with Crippen LogP contribution < -0.4 is 5.32 Å². The first-order chi connectivity index (χ1) is 13.0. The first kappa shape index (κ1) is 19.8. The fourth-order valence-electron chi connectivity index (χ4n) is 4.59. The lowest BCUT2D eigenvalue weighted by Crippen LogP contribution is -2.51. The fourth-order valence-corrected chi connectivity index (χ4v) is 6.54. The van der Waals surface area contributed by atoms with Gasteiger partial charge in [0.05, 0.1) is 13.2 Å². The van der Waals surface area contributed by atoms with Gasteiger partial charge in [-0.15, -0.1) is 0 Å². The summed E-state index contributed by atoms with van der Waals surface area (Å²) in [6, 6.07) is 0.618. The molecule has 27 heavy (non-hydrogen) atoms. The monoisotopic (exact) mass is 416 g/mol. The Labute approximate surface area is 168 Å². The first-order valence-electron chi connectivity index (χ1n) is 10.4. The van der Waals surface area contributed by atoms with E-state index in [1.54, 1.807) is 8.61 Å². The Hall–Kier alpha value is -0.480. The summed E-state index contributed by atoms with van der Waals surface area (Å²) in [6.45, 7) is 5.37. The molecular formula is C18H32N4O3S2. The zero-order chi connectivity index (χ0) is 18.9. The van der Waals surface area contributed by atoms with E-state index in [4.69, 9.17) is 17.0 Å². The highest BCUT2D eigenvalue weighted by Crippen LogP contribution is 2.33. The van der Waals surface area contributed by atoms with Crippen molar-refractivity contribution in [3.05, 3.63) is 0 Å². The van der Waals surface area contributed by atoms with Gasteiger partial charge < -0.3 is 15.0 Å². The van der Waals surface area contributed by atoms with Crippen LogP contribution in [-0.4, -0.2) is 85.6 Å². The fraction of sp³-hybridized carbons (Fsp3) is 0.944. The summed E-state index contributed by atoms with van der Waals surface area (Å²) >= 11 is 5.53. The molecule has 0 aromatic heterocycles. The standard InChI is InChI=1S/C18H32N4O3S2/c23-27(24,22-11-13-25-14-12-22)21-9-5-16(6-10-21)15-3-7-20(8-4-15)18(26)19-17-1-2-17/h15-17H,1-14H2,(H,19,26). The van der Waals surface area contributed by atoms with Gasteiger partial charge >= 0.3 is 0 Å². The Morgan fingerprint density at radius 1 is 0.815 bits per heavy atom. The van der Waals surface area contributed by atoms with Gasteiger partial charge in [-0.2, -0.15) is 17.0 Å². The van der Waals surface area contributed by atoms with Crippen LogP contribution >= 0.6 is 12.2 Å². The molecule has 0 aromatic carbocycles. The molecule has 7 nitrogen and oxygen atoms in total. The summed E-state index contributed by atoms with van der Waals surface area (Å²) < 4.78 is 34.2. The quantitative estimate of drug-likeness (QED) is 0.691. The Morgan fingerprint density at radius 2 is 1.33 bits per heavy atom. The highest BCUT2D eigenvalue weighted by Gasteiger charge is 2.36. The van der Waals surface area contributed by atoms with Gasteiger partial charge in [-0.05, 0) is 62.6 Å². The number of thiocarbonyl (C=S) groups is 1. The number of morpholine rings is 1. The Balaban J connectivity index is 1.23. The minimum Gasteiger partial charge on any atom is -0.379 e. The van der Waals surface area contributed by atoms with Gasteiger partial charge in [0.15, 0.2) is 5.11 Å². The van der Waals surface area contributed by atoms with Crippen LogP contribution in [0.4, 0.5) is 0 Å². The summed E-state index contributed by atoms with van der Waals surface area (Å²) in [5, 5.41) is 4.37. The predicted octanol–water partition coefficient (Wildman–Crippen LogP) is 1.02. The minimum absolute atomic E-state index is 0.482. The van der Waals surface area contributed by atoms with Crippen LogP contribution in [0.1, 0.15) is 38.5 Å². The molecule has 0 spiro atoms. The van der Waals surface area contributed by atoms with Crippen LogP contribution in [0.5, 0.6) is 0 Å². The minimum atomic E-state index is -3.31. The number of rotatable bonds is 4. The van der Waals surface area contributed by atoms with Crippen LogP contribution in [0, 0.1) is 11.8 Å². The molecule has 0 radical (unpaired) electrons. The molecule has 0 unspecified atom stereocenters. The molecule has 3 saturated heterocycles. The van der Waals surface area contributed by atoms with E-state index in [0.717, 1.165) is 31.0 Å². The van der Waals surface area contributed by atoms with Crippen molar-refractivity contribution in [2.75, 3.05) is 52.5 Å². The van der Waals surface area contributed by atoms with E-state index >= 15 is 0 Å². The Bertz CT molecular complexity index is 619. The molecule has 0 bridgehead atoms. The summed E-state index contributed by atoms with van der Waals surface area (Å²) in [5.74, 6) is 1.35. The molecule has 1 saturated carbocycles. The SMILES string of the molecule is O=S(=O)(N1CCOCC1)N1CCC(C2CCN(C(=S)NC3CC3)CC2)CC1. The van der Waals surface area contributed by atoms with Gasteiger partial charge in [0, 0.05) is 45.3 Å².